The Balaban J connectivity index is 2.53. The zero-order valence-corrected chi connectivity index (χ0v) is 7.75. The maximum Gasteiger partial charge on any atom is 0.184 e. The molecule has 5 nitrogen and oxygen atoms in total. The third kappa shape index (κ3) is 2.38. The molecule has 0 unspecified atom stereocenters. The van der Waals surface area contributed by atoms with Crippen molar-refractivity contribution in [1.82, 2.24) is 0 Å². The van der Waals surface area contributed by atoms with Gasteiger partial charge in [0.1, 0.15) is 18.3 Å². The fourth-order valence-electron chi connectivity index (χ4n) is 1.33. The molecule has 1 fully saturated rings. The predicted molar refractivity (Wildman–Crippen MR) is 44.0 cm³/mol. The van der Waals surface area contributed by atoms with Gasteiger partial charge in [-0.3, -0.25) is 0 Å². The second kappa shape index (κ2) is 4.34. The van der Waals surface area contributed by atoms with Crippen molar-refractivity contribution in [3.05, 3.63) is 0 Å². The molecule has 0 aromatic heterocycles. The summed E-state index contributed by atoms with van der Waals surface area (Å²) in [5.74, 6) is 0. The van der Waals surface area contributed by atoms with Crippen molar-refractivity contribution in [3.63, 3.8) is 0 Å². The molecular weight excluding hydrogens is 176 g/mol. The third-order valence-electron chi connectivity index (χ3n) is 1.92. The van der Waals surface area contributed by atoms with E-state index >= 15 is 0 Å². The lowest BCUT2D eigenvalue weighted by Crippen LogP contribution is -2.37. The Hall–Kier alpha value is -0.200. The number of hydrogen-bond acceptors (Lipinski definition) is 5. The molecule has 0 aliphatic carbocycles. The standard InChI is InChI=1S/C8H16O5/c1-4(2)12-7-6(10)5(3-9)13-8(7)11/h4-11H,3H2,1-2H3/t5-,6-,7+,8+/m0/s1. The average Bonchev–Trinajstić information content (AvgIpc) is 2.31. The molecule has 1 heterocycles. The second-order valence-corrected chi connectivity index (χ2v) is 3.39. The van der Waals surface area contributed by atoms with Gasteiger partial charge in [0.05, 0.1) is 12.7 Å². The fourth-order valence-corrected chi connectivity index (χ4v) is 1.33. The van der Waals surface area contributed by atoms with Crippen molar-refractivity contribution < 1.29 is 24.8 Å². The van der Waals surface area contributed by atoms with Crippen LogP contribution in [0.3, 0.4) is 0 Å². The molecule has 13 heavy (non-hydrogen) atoms. The first-order chi connectivity index (χ1) is 6.06. The molecule has 1 rings (SSSR count). The molecule has 0 spiro atoms. The van der Waals surface area contributed by atoms with Crippen molar-refractivity contribution in [3.8, 4) is 0 Å². The van der Waals surface area contributed by atoms with Gasteiger partial charge in [0.15, 0.2) is 6.29 Å². The van der Waals surface area contributed by atoms with Crippen LogP contribution in [0.4, 0.5) is 0 Å². The van der Waals surface area contributed by atoms with Gasteiger partial charge in [0, 0.05) is 0 Å². The quantitative estimate of drug-likeness (QED) is 0.526. The first kappa shape index (κ1) is 10.9. The molecule has 0 amide bonds. The van der Waals surface area contributed by atoms with Crippen molar-refractivity contribution in [1.29, 1.82) is 0 Å². The van der Waals surface area contributed by atoms with Crippen molar-refractivity contribution in [2.24, 2.45) is 0 Å². The van der Waals surface area contributed by atoms with Crippen LogP contribution in [0.15, 0.2) is 0 Å². The molecule has 5 heteroatoms. The molecule has 1 aliphatic rings. The van der Waals surface area contributed by atoms with Crippen LogP contribution in [0.5, 0.6) is 0 Å². The minimum absolute atomic E-state index is 0.102. The van der Waals surface area contributed by atoms with Crippen LogP contribution in [0, 0.1) is 0 Å². The maximum atomic E-state index is 9.50. The van der Waals surface area contributed by atoms with Gasteiger partial charge in [-0.25, -0.2) is 0 Å². The van der Waals surface area contributed by atoms with Crippen molar-refractivity contribution in [2.75, 3.05) is 6.61 Å². The Morgan fingerprint density at radius 2 is 2.00 bits per heavy atom. The molecule has 0 radical (unpaired) electrons. The van der Waals surface area contributed by atoms with Gasteiger partial charge in [-0.15, -0.1) is 0 Å². The fraction of sp³-hybridized carbons (Fsp3) is 1.00. The van der Waals surface area contributed by atoms with E-state index in [-0.39, 0.29) is 12.7 Å². The Morgan fingerprint density at radius 3 is 2.38 bits per heavy atom. The number of ether oxygens (including phenoxy) is 2. The van der Waals surface area contributed by atoms with Crippen LogP contribution < -0.4 is 0 Å². The maximum absolute atomic E-state index is 9.50. The van der Waals surface area contributed by atoms with Crippen molar-refractivity contribution >= 4 is 0 Å². The topological polar surface area (TPSA) is 79.2 Å². The SMILES string of the molecule is CC(C)O[C@@H]1[C@@H](O)[C@H](CO)O[C@H]1O. The van der Waals surface area contributed by atoms with Gasteiger partial charge >= 0.3 is 0 Å². The molecule has 78 valence electrons. The largest absolute Gasteiger partial charge is 0.394 e. The number of aliphatic hydroxyl groups is 3. The number of hydrogen-bond donors (Lipinski definition) is 3. The number of aliphatic hydroxyl groups excluding tert-OH is 3. The normalized spacial score (nSPS) is 40.2. The summed E-state index contributed by atoms with van der Waals surface area (Å²) < 4.78 is 10.1. The summed E-state index contributed by atoms with van der Waals surface area (Å²) in [6.45, 7) is 3.27. The monoisotopic (exact) mass is 192 g/mol. The van der Waals surface area contributed by atoms with E-state index in [1.165, 1.54) is 0 Å². The number of rotatable bonds is 3. The molecule has 0 saturated carbocycles. The van der Waals surface area contributed by atoms with Crippen LogP contribution in [0.2, 0.25) is 0 Å². The summed E-state index contributed by atoms with van der Waals surface area (Å²) in [6, 6.07) is 0. The van der Waals surface area contributed by atoms with Crippen LogP contribution in [0.1, 0.15) is 13.8 Å². The highest BCUT2D eigenvalue weighted by Gasteiger charge is 2.43. The summed E-state index contributed by atoms with van der Waals surface area (Å²) in [4.78, 5) is 0. The van der Waals surface area contributed by atoms with Crippen LogP contribution >= 0.6 is 0 Å². The Labute approximate surface area is 76.9 Å². The van der Waals surface area contributed by atoms with E-state index in [4.69, 9.17) is 14.6 Å². The summed E-state index contributed by atoms with van der Waals surface area (Å²) in [5, 5.41) is 27.5. The molecule has 0 aromatic carbocycles. The highest BCUT2D eigenvalue weighted by molar-refractivity contribution is 4.87. The van der Waals surface area contributed by atoms with Gasteiger partial charge < -0.3 is 24.8 Å². The van der Waals surface area contributed by atoms with Crippen LogP contribution in [-0.2, 0) is 9.47 Å². The van der Waals surface area contributed by atoms with Crippen LogP contribution in [-0.4, -0.2) is 52.6 Å². The second-order valence-electron chi connectivity index (χ2n) is 3.39. The summed E-state index contributed by atoms with van der Waals surface area (Å²) in [5.41, 5.74) is 0. The van der Waals surface area contributed by atoms with Gasteiger partial charge in [0.25, 0.3) is 0 Å². The molecule has 4 atom stereocenters. The van der Waals surface area contributed by atoms with Gasteiger partial charge in [-0.1, -0.05) is 0 Å². The van der Waals surface area contributed by atoms with E-state index in [0.717, 1.165) is 0 Å². The molecular formula is C8H16O5. The average molecular weight is 192 g/mol. The Bertz CT molecular complexity index is 161. The molecule has 0 aromatic rings. The highest BCUT2D eigenvalue weighted by Crippen LogP contribution is 2.23. The molecule has 1 aliphatic heterocycles. The van der Waals surface area contributed by atoms with Gasteiger partial charge in [-0.2, -0.15) is 0 Å². The summed E-state index contributed by atoms with van der Waals surface area (Å²) in [7, 11) is 0. The first-order valence-electron chi connectivity index (χ1n) is 4.34. The summed E-state index contributed by atoms with van der Waals surface area (Å²) >= 11 is 0. The zero-order chi connectivity index (χ0) is 10.0. The first-order valence-corrected chi connectivity index (χ1v) is 4.34. The molecule has 3 N–H and O–H groups in total. The minimum Gasteiger partial charge on any atom is -0.394 e. The molecule has 0 bridgehead atoms. The predicted octanol–water partition coefficient (Wildman–Crippen LogP) is -1.15. The lowest BCUT2D eigenvalue weighted by Gasteiger charge is -2.20. The van der Waals surface area contributed by atoms with E-state index < -0.39 is 24.6 Å². The zero-order valence-electron chi connectivity index (χ0n) is 7.75. The lowest BCUT2D eigenvalue weighted by atomic mass is 10.1. The highest BCUT2D eigenvalue weighted by atomic mass is 16.7. The van der Waals surface area contributed by atoms with E-state index in [2.05, 4.69) is 0 Å². The van der Waals surface area contributed by atoms with E-state index in [1.807, 2.05) is 0 Å². The van der Waals surface area contributed by atoms with Gasteiger partial charge in [-0.05, 0) is 13.8 Å². The summed E-state index contributed by atoms with van der Waals surface area (Å²) in [6.07, 6.45) is -3.75. The van der Waals surface area contributed by atoms with Crippen LogP contribution in [0.25, 0.3) is 0 Å². The van der Waals surface area contributed by atoms with Crippen molar-refractivity contribution in [2.45, 2.75) is 44.6 Å². The van der Waals surface area contributed by atoms with E-state index in [9.17, 15) is 10.2 Å². The van der Waals surface area contributed by atoms with Gasteiger partial charge in [0.2, 0.25) is 0 Å². The molecule has 1 saturated heterocycles. The van der Waals surface area contributed by atoms with E-state index in [0.29, 0.717) is 0 Å². The smallest absolute Gasteiger partial charge is 0.184 e. The lowest BCUT2D eigenvalue weighted by molar-refractivity contribution is -0.156. The Morgan fingerprint density at radius 1 is 1.38 bits per heavy atom. The minimum atomic E-state index is -1.16. The Kier molecular flexibility index (Phi) is 3.63. The van der Waals surface area contributed by atoms with E-state index in [1.54, 1.807) is 13.8 Å². The third-order valence-corrected chi connectivity index (χ3v) is 1.92.